The molecule has 0 spiro atoms. The number of benzene rings is 1. The zero-order valence-corrected chi connectivity index (χ0v) is 16.0. The maximum Gasteiger partial charge on any atom is 0.212 e. The minimum Gasteiger partial charge on any atom is -0.497 e. The molecule has 2 atom stereocenters. The first-order valence-electron chi connectivity index (χ1n) is 8.96. The summed E-state index contributed by atoms with van der Waals surface area (Å²) >= 11 is 0. The summed E-state index contributed by atoms with van der Waals surface area (Å²) in [5, 5.41) is 4.78. The topological polar surface area (TPSA) is 76.8 Å². The summed E-state index contributed by atoms with van der Waals surface area (Å²) in [5.41, 5.74) is 4.67. The van der Waals surface area contributed by atoms with E-state index in [1.54, 1.807) is 11.4 Å². The van der Waals surface area contributed by atoms with Crippen molar-refractivity contribution in [2.75, 3.05) is 13.4 Å². The van der Waals surface area contributed by atoms with Crippen molar-refractivity contribution in [2.45, 2.75) is 31.3 Å². The van der Waals surface area contributed by atoms with Gasteiger partial charge in [-0.3, -0.25) is 0 Å². The van der Waals surface area contributed by atoms with E-state index in [4.69, 9.17) is 9.84 Å². The van der Waals surface area contributed by atoms with Gasteiger partial charge < -0.3 is 4.74 Å². The lowest BCUT2D eigenvalue weighted by atomic mass is 10.0. The number of aromatic nitrogens is 3. The predicted molar refractivity (Wildman–Crippen MR) is 101 cm³/mol. The highest BCUT2D eigenvalue weighted by molar-refractivity contribution is 7.88. The zero-order valence-electron chi connectivity index (χ0n) is 15.2. The van der Waals surface area contributed by atoms with Crippen molar-refractivity contribution in [3.63, 3.8) is 0 Å². The lowest BCUT2D eigenvalue weighted by Crippen LogP contribution is -2.42. The van der Waals surface area contributed by atoms with E-state index in [-0.39, 0.29) is 12.1 Å². The van der Waals surface area contributed by atoms with E-state index < -0.39 is 10.0 Å². The molecule has 4 heterocycles. The summed E-state index contributed by atoms with van der Waals surface area (Å²) in [7, 11) is -1.60. The summed E-state index contributed by atoms with van der Waals surface area (Å²) in [6, 6.07) is 9.62. The maximum atomic E-state index is 12.2. The molecule has 7 nitrogen and oxygen atoms in total. The van der Waals surface area contributed by atoms with Crippen molar-refractivity contribution >= 4 is 15.7 Å². The molecule has 0 radical (unpaired) electrons. The molecule has 8 heteroatoms. The Morgan fingerprint density at radius 1 is 1.19 bits per heavy atom. The molecule has 2 bridgehead atoms. The van der Waals surface area contributed by atoms with Crippen LogP contribution in [-0.4, -0.2) is 46.7 Å². The van der Waals surface area contributed by atoms with Gasteiger partial charge in [0.1, 0.15) is 5.75 Å². The van der Waals surface area contributed by atoms with Crippen LogP contribution in [-0.2, 0) is 16.4 Å². The van der Waals surface area contributed by atoms with Crippen molar-refractivity contribution < 1.29 is 13.2 Å². The van der Waals surface area contributed by atoms with Crippen LogP contribution in [0.15, 0.2) is 36.5 Å². The Kier molecular flexibility index (Phi) is 3.57. The summed E-state index contributed by atoms with van der Waals surface area (Å²) in [6.07, 6.45) is 5.51. The van der Waals surface area contributed by atoms with E-state index in [9.17, 15) is 8.42 Å². The summed E-state index contributed by atoms with van der Waals surface area (Å²) in [6.45, 7) is 0. The molecule has 2 aliphatic rings. The Bertz CT molecular complexity index is 1140. The van der Waals surface area contributed by atoms with Gasteiger partial charge in [0.25, 0.3) is 0 Å². The fourth-order valence-electron chi connectivity index (χ4n) is 4.45. The molecule has 2 aromatic heterocycles. The normalized spacial score (nSPS) is 22.1. The number of hydrogen-bond donors (Lipinski definition) is 0. The van der Waals surface area contributed by atoms with Gasteiger partial charge in [0.2, 0.25) is 10.0 Å². The quantitative estimate of drug-likeness (QED) is 0.693. The van der Waals surface area contributed by atoms with Crippen molar-refractivity contribution in [1.29, 1.82) is 0 Å². The van der Waals surface area contributed by atoms with Crippen LogP contribution in [0.2, 0.25) is 0 Å². The van der Waals surface area contributed by atoms with Crippen molar-refractivity contribution in [1.82, 2.24) is 18.9 Å². The number of rotatable bonds is 3. The molecule has 0 N–H and O–H groups in total. The average molecular weight is 384 g/mol. The minimum atomic E-state index is -3.24. The number of fused-ring (bicyclic) bond motifs is 6. The van der Waals surface area contributed by atoms with E-state index in [0.717, 1.165) is 46.8 Å². The van der Waals surface area contributed by atoms with Crippen molar-refractivity contribution in [3.8, 4) is 17.0 Å². The van der Waals surface area contributed by atoms with Crippen molar-refractivity contribution in [2.24, 2.45) is 0 Å². The van der Waals surface area contributed by atoms with Gasteiger partial charge in [0.15, 0.2) is 5.65 Å². The van der Waals surface area contributed by atoms with Crippen LogP contribution in [0.4, 0.5) is 0 Å². The van der Waals surface area contributed by atoms with Crippen LogP contribution in [0, 0.1) is 0 Å². The van der Waals surface area contributed by atoms with Gasteiger partial charge in [-0.25, -0.2) is 17.9 Å². The van der Waals surface area contributed by atoms with E-state index in [0.29, 0.717) is 6.42 Å². The number of ether oxygens (including phenoxy) is 1. The molecule has 0 amide bonds. The smallest absolute Gasteiger partial charge is 0.212 e. The second-order valence-corrected chi connectivity index (χ2v) is 9.12. The first-order valence-corrected chi connectivity index (χ1v) is 10.8. The molecule has 2 unspecified atom stereocenters. The lowest BCUT2D eigenvalue weighted by molar-refractivity contribution is 0.300. The molecule has 0 saturated carbocycles. The Hall–Kier alpha value is -2.45. The van der Waals surface area contributed by atoms with E-state index in [2.05, 4.69) is 4.98 Å². The molecule has 3 aromatic rings. The minimum absolute atomic E-state index is 0.0109. The Morgan fingerprint density at radius 3 is 2.67 bits per heavy atom. The first kappa shape index (κ1) is 16.7. The summed E-state index contributed by atoms with van der Waals surface area (Å²) < 4.78 is 33.2. The van der Waals surface area contributed by atoms with Crippen LogP contribution in [0.1, 0.15) is 30.1 Å². The average Bonchev–Trinajstić information content (AvgIpc) is 3.23. The van der Waals surface area contributed by atoms with Crippen LogP contribution >= 0.6 is 0 Å². The van der Waals surface area contributed by atoms with Gasteiger partial charge in [-0.2, -0.15) is 9.40 Å². The molecule has 140 valence electrons. The third-order valence-corrected chi connectivity index (χ3v) is 6.93. The Morgan fingerprint density at radius 2 is 1.96 bits per heavy atom. The molecule has 1 aromatic carbocycles. The standard InChI is InChI=1S/C19H20N4O3S/c1-26-14-6-3-12(4-7-14)16-10-19-20-11-15-17-8-5-13(23(17)27(2,24)25)9-18(15)22(19)21-16/h3-4,6-7,10-11,13,17H,5,8-9H2,1-2H3. The van der Waals surface area contributed by atoms with Gasteiger partial charge in [-0.1, -0.05) is 0 Å². The maximum absolute atomic E-state index is 12.2. The molecule has 5 rings (SSSR count). The highest BCUT2D eigenvalue weighted by Gasteiger charge is 2.45. The molecular formula is C19H20N4O3S. The third-order valence-electron chi connectivity index (χ3n) is 5.61. The predicted octanol–water partition coefficient (Wildman–Crippen LogP) is 2.43. The molecule has 1 fully saturated rings. The SMILES string of the molecule is COc1ccc(-c2cc3ncc4c(n3n2)CC2CCC4N2S(C)(=O)=O)cc1. The van der Waals surface area contributed by atoms with Crippen LogP contribution in [0.5, 0.6) is 5.75 Å². The van der Waals surface area contributed by atoms with E-state index in [1.807, 2.05) is 41.0 Å². The van der Waals surface area contributed by atoms with Gasteiger partial charge in [0, 0.05) is 35.9 Å². The second-order valence-electron chi connectivity index (χ2n) is 7.23. The van der Waals surface area contributed by atoms with E-state index in [1.165, 1.54) is 6.26 Å². The largest absolute Gasteiger partial charge is 0.497 e. The third kappa shape index (κ3) is 2.55. The second kappa shape index (κ2) is 5.77. The molecule has 27 heavy (non-hydrogen) atoms. The van der Waals surface area contributed by atoms with E-state index >= 15 is 0 Å². The number of methoxy groups -OCH3 is 1. The zero-order chi connectivity index (χ0) is 18.8. The fourth-order valence-corrected chi connectivity index (χ4v) is 5.85. The van der Waals surface area contributed by atoms with Crippen molar-refractivity contribution in [3.05, 3.63) is 47.8 Å². The van der Waals surface area contributed by atoms with Gasteiger partial charge in [-0.05, 0) is 37.1 Å². The molecule has 0 aliphatic carbocycles. The monoisotopic (exact) mass is 384 g/mol. The Labute approximate surface area is 157 Å². The highest BCUT2D eigenvalue weighted by atomic mass is 32.2. The van der Waals surface area contributed by atoms with Crippen LogP contribution in [0.3, 0.4) is 0 Å². The fraction of sp³-hybridized carbons (Fsp3) is 0.368. The summed E-state index contributed by atoms with van der Waals surface area (Å²) in [5.74, 6) is 0.801. The summed E-state index contributed by atoms with van der Waals surface area (Å²) in [4.78, 5) is 4.56. The highest BCUT2D eigenvalue weighted by Crippen LogP contribution is 2.45. The molecule has 1 saturated heterocycles. The molecular weight excluding hydrogens is 364 g/mol. The van der Waals surface area contributed by atoms with Gasteiger partial charge in [-0.15, -0.1) is 0 Å². The molecule has 2 aliphatic heterocycles. The van der Waals surface area contributed by atoms with Gasteiger partial charge >= 0.3 is 0 Å². The first-order chi connectivity index (χ1) is 13.0. The number of hydrogen-bond acceptors (Lipinski definition) is 5. The van der Waals surface area contributed by atoms with Crippen LogP contribution in [0.25, 0.3) is 16.9 Å². The lowest BCUT2D eigenvalue weighted by Gasteiger charge is -2.33. The van der Waals surface area contributed by atoms with Crippen LogP contribution < -0.4 is 4.74 Å². The van der Waals surface area contributed by atoms with Gasteiger partial charge in [0.05, 0.1) is 30.8 Å². The number of nitrogens with zero attached hydrogens (tertiary/aromatic N) is 4. The number of sulfonamides is 1. The Balaban J connectivity index is 1.61.